The lowest BCUT2D eigenvalue weighted by Gasteiger charge is -2.18. The highest BCUT2D eigenvalue weighted by atomic mass is 32.2. The summed E-state index contributed by atoms with van der Waals surface area (Å²) in [6, 6.07) is 4.41. The highest BCUT2D eigenvalue weighted by Crippen LogP contribution is 2.46. The van der Waals surface area contributed by atoms with Crippen LogP contribution in [-0.4, -0.2) is 52.1 Å². The SMILES string of the molecule is COc1c(C(=O)O)cc(-c2ccc(NS(C)(=O)=O)nc2)c(OC)c1OC. The number of hydrogen-bond donors (Lipinski definition) is 2. The van der Waals surface area contributed by atoms with E-state index in [0.29, 0.717) is 11.1 Å². The standard InChI is InChI=1S/C16H18N2O7S/c1-23-13-10(7-11(16(19)20)14(24-2)15(13)25-3)9-5-6-12(17-8-9)18-26(4,21)22/h5-8H,1-4H3,(H,17,18)(H,19,20). The van der Waals surface area contributed by atoms with Gasteiger partial charge < -0.3 is 19.3 Å². The number of carboxylic acid groups (broad SMARTS) is 1. The fourth-order valence-electron chi connectivity index (χ4n) is 2.39. The maximum atomic E-state index is 11.6. The van der Waals surface area contributed by atoms with Gasteiger partial charge in [-0.05, 0) is 18.2 Å². The van der Waals surface area contributed by atoms with E-state index in [1.165, 1.54) is 39.7 Å². The van der Waals surface area contributed by atoms with Gasteiger partial charge in [-0.1, -0.05) is 0 Å². The van der Waals surface area contributed by atoms with Crippen LogP contribution in [0.1, 0.15) is 10.4 Å². The molecule has 0 radical (unpaired) electrons. The van der Waals surface area contributed by atoms with Crippen LogP contribution in [0.15, 0.2) is 24.4 Å². The molecule has 0 unspecified atom stereocenters. The van der Waals surface area contributed by atoms with Crippen LogP contribution in [0, 0.1) is 0 Å². The highest BCUT2D eigenvalue weighted by Gasteiger charge is 2.25. The van der Waals surface area contributed by atoms with Gasteiger partial charge in [-0.15, -0.1) is 0 Å². The maximum absolute atomic E-state index is 11.6. The van der Waals surface area contributed by atoms with Crippen molar-refractivity contribution in [2.45, 2.75) is 0 Å². The Kier molecular flexibility index (Phi) is 5.56. The number of benzene rings is 1. The van der Waals surface area contributed by atoms with Crippen molar-refractivity contribution in [1.29, 1.82) is 0 Å². The van der Waals surface area contributed by atoms with E-state index in [4.69, 9.17) is 14.2 Å². The van der Waals surface area contributed by atoms with Gasteiger partial charge >= 0.3 is 5.97 Å². The van der Waals surface area contributed by atoms with Gasteiger partial charge in [0, 0.05) is 17.3 Å². The first-order valence-electron chi connectivity index (χ1n) is 7.22. The molecule has 0 aliphatic carbocycles. The molecule has 0 bridgehead atoms. The van der Waals surface area contributed by atoms with Gasteiger partial charge in [-0.2, -0.15) is 0 Å². The van der Waals surface area contributed by atoms with Crippen LogP contribution in [0.3, 0.4) is 0 Å². The number of nitrogens with zero attached hydrogens (tertiary/aromatic N) is 1. The van der Waals surface area contributed by atoms with E-state index in [2.05, 4.69) is 9.71 Å². The van der Waals surface area contributed by atoms with Gasteiger partial charge in [0.1, 0.15) is 11.4 Å². The molecule has 0 amide bonds. The molecule has 2 aromatic rings. The molecule has 0 atom stereocenters. The number of carbonyl (C=O) groups is 1. The number of methoxy groups -OCH3 is 3. The Labute approximate surface area is 150 Å². The molecule has 0 saturated heterocycles. The summed E-state index contributed by atoms with van der Waals surface area (Å²) in [5.74, 6) is -0.645. The molecule has 10 heteroatoms. The third kappa shape index (κ3) is 3.97. The Morgan fingerprint density at radius 3 is 2.12 bits per heavy atom. The highest BCUT2D eigenvalue weighted by molar-refractivity contribution is 7.92. The largest absolute Gasteiger partial charge is 0.492 e. The fraction of sp³-hybridized carbons (Fsp3) is 0.250. The average Bonchev–Trinajstić information content (AvgIpc) is 2.58. The van der Waals surface area contributed by atoms with E-state index in [0.717, 1.165) is 6.26 Å². The van der Waals surface area contributed by atoms with Crippen molar-refractivity contribution in [2.75, 3.05) is 32.3 Å². The Hall–Kier alpha value is -3.01. The van der Waals surface area contributed by atoms with Crippen LogP contribution in [0.4, 0.5) is 5.82 Å². The minimum Gasteiger partial charge on any atom is -0.492 e. The van der Waals surface area contributed by atoms with Crippen molar-refractivity contribution in [3.63, 3.8) is 0 Å². The second-order valence-electron chi connectivity index (χ2n) is 5.18. The van der Waals surface area contributed by atoms with Crippen LogP contribution in [0.2, 0.25) is 0 Å². The van der Waals surface area contributed by atoms with Crippen molar-refractivity contribution in [1.82, 2.24) is 4.98 Å². The molecule has 1 heterocycles. The van der Waals surface area contributed by atoms with E-state index in [-0.39, 0.29) is 28.6 Å². The van der Waals surface area contributed by atoms with Crippen LogP contribution in [0.5, 0.6) is 17.2 Å². The number of anilines is 1. The number of nitrogens with one attached hydrogen (secondary N) is 1. The number of carboxylic acids is 1. The number of aromatic carboxylic acids is 1. The minimum atomic E-state index is -3.46. The van der Waals surface area contributed by atoms with E-state index in [1.54, 1.807) is 6.07 Å². The first-order valence-corrected chi connectivity index (χ1v) is 9.11. The molecule has 2 N–H and O–H groups in total. The zero-order valence-corrected chi connectivity index (χ0v) is 15.4. The lowest BCUT2D eigenvalue weighted by molar-refractivity contribution is 0.0692. The molecule has 1 aromatic carbocycles. The summed E-state index contributed by atoms with van der Waals surface area (Å²) in [6.07, 6.45) is 2.40. The molecule has 9 nitrogen and oxygen atoms in total. The molecule has 0 aliphatic rings. The third-order valence-corrected chi connectivity index (χ3v) is 3.98. The fourth-order valence-corrected chi connectivity index (χ4v) is 2.89. The summed E-state index contributed by atoms with van der Waals surface area (Å²) in [4.78, 5) is 15.6. The number of ether oxygens (including phenoxy) is 3. The lowest BCUT2D eigenvalue weighted by atomic mass is 10.0. The van der Waals surface area contributed by atoms with Crippen LogP contribution in [-0.2, 0) is 10.0 Å². The third-order valence-electron chi connectivity index (χ3n) is 3.40. The molecule has 0 spiro atoms. The molecule has 0 aliphatic heterocycles. The molecule has 0 saturated carbocycles. The van der Waals surface area contributed by atoms with Crippen molar-refractivity contribution < 1.29 is 32.5 Å². The number of aromatic nitrogens is 1. The zero-order chi connectivity index (χ0) is 19.5. The van der Waals surface area contributed by atoms with E-state index in [9.17, 15) is 18.3 Å². The summed E-state index contributed by atoms with van der Waals surface area (Å²) >= 11 is 0. The Morgan fingerprint density at radius 1 is 1.08 bits per heavy atom. The summed E-state index contributed by atoms with van der Waals surface area (Å²) < 4.78 is 40.6. The van der Waals surface area contributed by atoms with Crippen molar-refractivity contribution in [3.8, 4) is 28.4 Å². The summed E-state index contributed by atoms with van der Waals surface area (Å²) in [5.41, 5.74) is 0.795. The maximum Gasteiger partial charge on any atom is 0.339 e. The average molecular weight is 382 g/mol. The Balaban J connectivity index is 2.65. The Morgan fingerprint density at radius 2 is 1.69 bits per heavy atom. The summed E-state index contributed by atoms with van der Waals surface area (Å²) in [5, 5.41) is 9.45. The Bertz CT molecular complexity index is 925. The number of hydrogen-bond acceptors (Lipinski definition) is 7. The van der Waals surface area contributed by atoms with Crippen molar-refractivity contribution in [3.05, 3.63) is 30.0 Å². The van der Waals surface area contributed by atoms with Gasteiger partial charge in [0.25, 0.3) is 0 Å². The van der Waals surface area contributed by atoms with E-state index in [1.807, 2.05) is 0 Å². The lowest BCUT2D eigenvalue weighted by Crippen LogP contribution is -2.10. The first-order chi connectivity index (χ1) is 12.2. The van der Waals surface area contributed by atoms with Crippen LogP contribution in [0.25, 0.3) is 11.1 Å². The van der Waals surface area contributed by atoms with Crippen LogP contribution >= 0.6 is 0 Å². The monoisotopic (exact) mass is 382 g/mol. The first kappa shape index (κ1) is 19.3. The summed E-state index contributed by atoms with van der Waals surface area (Å²) in [6.45, 7) is 0. The molecular weight excluding hydrogens is 364 g/mol. The predicted octanol–water partition coefficient (Wildman–Crippen LogP) is 1.84. The number of pyridine rings is 1. The molecule has 0 fully saturated rings. The van der Waals surface area contributed by atoms with E-state index >= 15 is 0 Å². The summed E-state index contributed by atoms with van der Waals surface area (Å²) in [7, 11) is 0.653. The van der Waals surface area contributed by atoms with E-state index < -0.39 is 16.0 Å². The van der Waals surface area contributed by atoms with Gasteiger partial charge in [0.2, 0.25) is 15.8 Å². The second-order valence-corrected chi connectivity index (χ2v) is 6.93. The molecule has 2 rings (SSSR count). The van der Waals surface area contributed by atoms with Crippen molar-refractivity contribution >= 4 is 21.8 Å². The zero-order valence-electron chi connectivity index (χ0n) is 14.6. The van der Waals surface area contributed by atoms with Gasteiger partial charge in [-0.3, -0.25) is 4.72 Å². The van der Waals surface area contributed by atoms with Gasteiger partial charge in [0.15, 0.2) is 11.5 Å². The molecule has 26 heavy (non-hydrogen) atoms. The molecule has 140 valence electrons. The number of rotatable bonds is 7. The molecular formula is C16H18N2O7S. The van der Waals surface area contributed by atoms with Crippen molar-refractivity contribution in [2.24, 2.45) is 0 Å². The van der Waals surface area contributed by atoms with Crippen LogP contribution < -0.4 is 18.9 Å². The number of sulfonamides is 1. The predicted molar refractivity (Wildman–Crippen MR) is 94.8 cm³/mol. The van der Waals surface area contributed by atoms with Gasteiger partial charge in [0.05, 0.1) is 27.6 Å². The normalized spacial score (nSPS) is 10.9. The topological polar surface area (TPSA) is 124 Å². The smallest absolute Gasteiger partial charge is 0.339 e. The van der Waals surface area contributed by atoms with Gasteiger partial charge in [-0.25, -0.2) is 18.2 Å². The quantitative estimate of drug-likeness (QED) is 0.743. The second kappa shape index (κ2) is 7.48. The minimum absolute atomic E-state index is 0.0314. The molecule has 1 aromatic heterocycles.